The van der Waals surface area contributed by atoms with Crippen molar-refractivity contribution in [2.45, 2.75) is 19.4 Å². The lowest BCUT2D eigenvalue weighted by atomic mass is 9.92. The Balaban J connectivity index is 1.89. The molecule has 0 saturated carbocycles. The molecule has 1 saturated heterocycles. The number of nitrogens with zero attached hydrogens (tertiary/aromatic N) is 2. The van der Waals surface area contributed by atoms with Crippen molar-refractivity contribution in [3.8, 4) is 11.5 Å². The van der Waals surface area contributed by atoms with Crippen LogP contribution >= 0.6 is 0 Å². The fourth-order valence-corrected chi connectivity index (χ4v) is 3.18. The van der Waals surface area contributed by atoms with E-state index in [-0.39, 0.29) is 6.04 Å². The third-order valence-corrected chi connectivity index (χ3v) is 4.68. The summed E-state index contributed by atoms with van der Waals surface area (Å²) in [6.45, 7) is 6.03. The molecule has 1 aliphatic heterocycles. The summed E-state index contributed by atoms with van der Waals surface area (Å²) in [7, 11) is 3.35. The van der Waals surface area contributed by atoms with E-state index in [4.69, 9.17) is 14.5 Å². The lowest BCUT2D eigenvalue weighted by Crippen LogP contribution is -2.46. The lowest BCUT2D eigenvalue weighted by molar-refractivity contribution is 0.414. The third kappa shape index (κ3) is 4.34. The van der Waals surface area contributed by atoms with Crippen LogP contribution in [-0.2, 0) is 0 Å². The highest BCUT2D eigenvalue weighted by atomic mass is 16.5. The molecule has 0 aromatic heterocycles. The normalized spacial score (nSPS) is 17.9. The maximum Gasteiger partial charge on any atom is 0.119 e. The van der Waals surface area contributed by atoms with Crippen LogP contribution in [0.25, 0.3) is 0 Å². The van der Waals surface area contributed by atoms with Gasteiger partial charge in [0.2, 0.25) is 0 Å². The summed E-state index contributed by atoms with van der Waals surface area (Å²) in [5, 5.41) is 0. The van der Waals surface area contributed by atoms with Crippen molar-refractivity contribution in [2.24, 2.45) is 4.99 Å². The Labute approximate surface area is 167 Å². The predicted octanol–water partition coefficient (Wildman–Crippen LogP) is 5.70. The molecule has 0 radical (unpaired) electrons. The van der Waals surface area contributed by atoms with E-state index in [1.165, 1.54) is 5.56 Å². The Morgan fingerprint density at radius 2 is 1.61 bits per heavy atom. The van der Waals surface area contributed by atoms with E-state index < -0.39 is 0 Å². The second-order valence-corrected chi connectivity index (χ2v) is 6.47. The van der Waals surface area contributed by atoms with Crippen LogP contribution < -0.4 is 14.4 Å². The minimum atomic E-state index is 0.227. The highest BCUT2D eigenvalue weighted by Crippen LogP contribution is 2.40. The average Bonchev–Trinajstić information content (AvgIpc) is 2.72. The first-order valence-electron chi connectivity index (χ1n) is 9.29. The molecule has 4 heteroatoms. The monoisotopic (exact) mass is 374 g/mol. The van der Waals surface area contributed by atoms with E-state index in [2.05, 4.69) is 35.7 Å². The first-order chi connectivity index (χ1) is 13.7. The van der Waals surface area contributed by atoms with Crippen molar-refractivity contribution < 1.29 is 9.47 Å². The van der Waals surface area contributed by atoms with Crippen molar-refractivity contribution in [1.82, 2.24) is 0 Å². The Kier molecular flexibility index (Phi) is 6.33. The number of aliphatic imine (C=N–C) groups is 1. The van der Waals surface area contributed by atoms with Gasteiger partial charge in [0.15, 0.2) is 0 Å². The number of benzene rings is 2. The van der Waals surface area contributed by atoms with E-state index in [9.17, 15) is 0 Å². The van der Waals surface area contributed by atoms with Gasteiger partial charge in [-0.3, -0.25) is 0 Å². The summed E-state index contributed by atoms with van der Waals surface area (Å²) >= 11 is 0. The summed E-state index contributed by atoms with van der Waals surface area (Å²) in [4.78, 5) is 6.98. The van der Waals surface area contributed by atoms with Crippen molar-refractivity contribution in [3.05, 3.63) is 90.7 Å². The topological polar surface area (TPSA) is 34.1 Å². The smallest absolute Gasteiger partial charge is 0.119 e. The molecule has 0 aliphatic carbocycles. The number of methoxy groups -OCH3 is 2. The second-order valence-electron chi connectivity index (χ2n) is 6.47. The summed E-state index contributed by atoms with van der Waals surface area (Å²) in [5.41, 5.74) is 3.04. The first-order valence-corrected chi connectivity index (χ1v) is 9.29. The number of hydrogen-bond donors (Lipinski definition) is 0. The summed E-state index contributed by atoms with van der Waals surface area (Å²) < 4.78 is 10.6. The van der Waals surface area contributed by atoms with Gasteiger partial charge < -0.3 is 14.4 Å². The largest absolute Gasteiger partial charge is 0.497 e. The molecule has 2 aromatic carbocycles. The van der Waals surface area contributed by atoms with E-state index in [1.54, 1.807) is 14.2 Å². The van der Waals surface area contributed by atoms with Crippen LogP contribution in [0.2, 0.25) is 0 Å². The zero-order valence-corrected chi connectivity index (χ0v) is 16.6. The predicted molar refractivity (Wildman–Crippen MR) is 116 cm³/mol. The zero-order valence-electron chi connectivity index (χ0n) is 16.6. The standard InChI is InChI=1S/C24H26N2O2/c1-5-6-7-8-18(2)25-24-17-23(19-9-13-21(27-3)14-10-19)26(24)20-11-15-22(28-4)16-12-20/h5-16,23H,2,17H2,1,3-4H3/b6-5-,8-7-,25-24+. The number of allylic oxidation sites excluding steroid dienone is 4. The number of amidine groups is 1. The van der Waals surface area contributed by atoms with Gasteiger partial charge in [0.25, 0.3) is 0 Å². The van der Waals surface area contributed by atoms with E-state index in [1.807, 2.05) is 55.5 Å². The zero-order chi connectivity index (χ0) is 19.9. The Morgan fingerprint density at radius 3 is 2.18 bits per heavy atom. The molecule has 0 spiro atoms. The lowest BCUT2D eigenvalue weighted by Gasteiger charge is -2.44. The van der Waals surface area contributed by atoms with Crippen molar-refractivity contribution in [3.63, 3.8) is 0 Å². The summed E-state index contributed by atoms with van der Waals surface area (Å²) in [6.07, 6.45) is 8.66. The Morgan fingerprint density at radius 1 is 1.00 bits per heavy atom. The highest BCUT2D eigenvalue weighted by molar-refractivity contribution is 6.05. The molecule has 0 N–H and O–H groups in total. The van der Waals surface area contributed by atoms with Crippen LogP contribution in [0.3, 0.4) is 0 Å². The van der Waals surface area contributed by atoms with Gasteiger partial charge in [-0.2, -0.15) is 0 Å². The van der Waals surface area contributed by atoms with Gasteiger partial charge >= 0.3 is 0 Å². The summed E-state index contributed by atoms with van der Waals surface area (Å²) in [5.74, 6) is 2.69. The molecule has 144 valence electrons. The summed E-state index contributed by atoms with van der Waals surface area (Å²) in [6, 6.07) is 16.5. The van der Waals surface area contributed by atoms with E-state index >= 15 is 0 Å². The van der Waals surface area contributed by atoms with Crippen LogP contribution in [-0.4, -0.2) is 20.1 Å². The van der Waals surface area contributed by atoms with Crippen molar-refractivity contribution >= 4 is 11.5 Å². The minimum Gasteiger partial charge on any atom is -0.497 e. The van der Waals surface area contributed by atoms with Crippen LogP contribution in [0.5, 0.6) is 11.5 Å². The molecule has 1 aliphatic rings. The Bertz CT molecular complexity index is 893. The van der Waals surface area contributed by atoms with Crippen LogP contribution in [0, 0.1) is 0 Å². The first kappa shape index (κ1) is 19.5. The van der Waals surface area contributed by atoms with E-state index in [0.29, 0.717) is 0 Å². The van der Waals surface area contributed by atoms with Gasteiger partial charge in [-0.05, 0) is 55.0 Å². The molecule has 0 amide bonds. The maximum atomic E-state index is 5.29. The van der Waals surface area contributed by atoms with Gasteiger partial charge in [-0.15, -0.1) is 0 Å². The fourth-order valence-electron chi connectivity index (χ4n) is 3.18. The number of ether oxygens (including phenoxy) is 2. The van der Waals surface area contributed by atoms with Gasteiger partial charge in [-0.1, -0.05) is 36.9 Å². The van der Waals surface area contributed by atoms with E-state index in [0.717, 1.165) is 35.1 Å². The van der Waals surface area contributed by atoms with Crippen LogP contribution in [0.15, 0.2) is 90.1 Å². The number of hydrogen-bond acceptors (Lipinski definition) is 3. The molecule has 1 atom stereocenters. The molecule has 1 fully saturated rings. The minimum absolute atomic E-state index is 0.227. The van der Waals surface area contributed by atoms with Crippen molar-refractivity contribution in [2.75, 3.05) is 19.1 Å². The molecule has 3 rings (SSSR count). The molecule has 1 unspecified atom stereocenters. The highest BCUT2D eigenvalue weighted by Gasteiger charge is 2.36. The van der Waals surface area contributed by atoms with Crippen LogP contribution in [0.1, 0.15) is 24.9 Å². The second kappa shape index (κ2) is 9.09. The Hall–Kier alpha value is -3.27. The molecule has 4 nitrogen and oxygen atoms in total. The van der Waals surface area contributed by atoms with Gasteiger partial charge in [0.05, 0.1) is 26.0 Å². The number of anilines is 1. The molecule has 28 heavy (non-hydrogen) atoms. The quantitative estimate of drug-likeness (QED) is 0.583. The fraction of sp³-hybridized carbons (Fsp3) is 0.208. The maximum absolute atomic E-state index is 5.29. The third-order valence-electron chi connectivity index (χ3n) is 4.68. The SMILES string of the molecule is C=C(/C=C\C=C/C)/N=C1\CC(c2ccc(OC)cc2)N1c1ccc(OC)cc1. The van der Waals surface area contributed by atoms with Crippen molar-refractivity contribution in [1.29, 1.82) is 0 Å². The molecule has 0 bridgehead atoms. The molecule has 2 aromatic rings. The van der Waals surface area contributed by atoms with Gasteiger partial charge in [-0.25, -0.2) is 4.99 Å². The van der Waals surface area contributed by atoms with Gasteiger partial charge in [0.1, 0.15) is 17.3 Å². The molecule has 1 heterocycles. The number of rotatable bonds is 7. The molecular formula is C24H26N2O2. The average molecular weight is 374 g/mol. The van der Waals surface area contributed by atoms with Crippen LogP contribution in [0.4, 0.5) is 5.69 Å². The van der Waals surface area contributed by atoms with Gasteiger partial charge in [0, 0.05) is 12.1 Å². The molecular weight excluding hydrogens is 348 g/mol.